The van der Waals surface area contributed by atoms with Crippen molar-refractivity contribution in [2.75, 3.05) is 6.61 Å². The predicted molar refractivity (Wildman–Crippen MR) is 52.8 cm³/mol. The van der Waals surface area contributed by atoms with Crippen molar-refractivity contribution in [1.29, 1.82) is 0 Å². The van der Waals surface area contributed by atoms with Gasteiger partial charge in [0, 0.05) is 12.5 Å². The van der Waals surface area contributed by atoms with E-state index in [1.54, 1.807) is 30.3 Å². The standard InChI is InChI=1S/C11H13F3O2/c12-11(13,14)10(16)9(7-15)6-8-4-2-1-3-5-8/h1-5,9-10,15-16H,6-7H2/t9-,10-/m1/s1. The quantitative estimate of drug-likeness (QED) is 0.833. The molecule has 0 spiro atoms. The molecule has 0 aromatic heterocycles. The number of halogens is 3. The Labute approximate surface area is 91.3 Å². The first-order valence-corrected chi connectivity index (χ1v) is 4.84. The molecular formula is C11H13F3O2. The first-order chi connectivity index (χ1) is 7.45. The molecule has 90 valence electrons. The van der Waals surface area contributed by atoms with E-state index in [9.17, 15) is 13.2 Å². The molecule has 2 nitrogen and oxygen atoms in total. The van der Waals surface area contributed by atoms with E-state index in [0.29, 0.717) is 5.56 Å². The topological polar surface area (TPSA) is 40.5 Å². The lowest BCUT2D eigenvalue weighted by Crippen LogP contribution is -2.38. The van der Waals surface area contributed by atoms with Crippen LogP contribution in [0.15, 0.2) is 30.3 Å². The maximum atomic E-state index is 12.2. The van der Waals surface area contributed by atoms with Gasteiger partial charge in [-0.1, -0.05) is 30.3 Å². The molecule has 1 rings (SSSR count). The van der Waals surface area contributed by atoms with Gasteiger partial charge in [0.25, 0.3) is 0 Å². The van der Waals surface area contributed by atoms with Gasteiger partial charge >= 0.3 is 6.18 Å². The highest BCUT2D eigenvalue weighted by Gasteiger charge is 2.43. The van der Waals surface area contributed by atoms with Crippen LogP contribution in [0.25, 0.3) is 0 Å². The van der Waals surface area contributed by atoms with Gasteiger partial charge in [-0.25, -0.2) is 0 Å². The highest BCUT2D eigenvalue weighted by Crippen LogP contribution is 2.27. The fourth-order valence-corrected chi connectivity index (χ4v) is 1.46. The lowest BCUT2D eigenvalue weighted by atomic mass is 9.94. The zero-order chi connectivity index (χ0) is 12.2. The lowest BCUT2D eigenvalue weighted by molar-refractivity contribution is -0.222. The molecule has 0 bridgehead atoms. The highest BCUT2D eigenvalue weighted by molar-refractivity contribution is 5.15. The average Bonchev–Trinajstić information content (AvgIpc) is 2.25. The van der Waals surface area contributed by atoms with E-state index in [-0.39, 0.29) is 6.42 Å². The number of aliphatic hydroxyl groups is 2. The molecule has 0 fully saturated rings. The van der Waals surface area contributed by atoms with E-state index in [1.807, 2.05) is 0 Å². The van der Waals surface area contributed by atoms with Gasteiger partial charge in [-0.3, -0.25) is 0 Å². The van der Waals surface area contributed by atoms with Crippen molar-refractivity contribution in [2.45, 2.75) is 18.7 Å². The lowest BCUT2D eigenvalue weighted by Gasteiger charge is -2.23. The van der Waals surface area contributed by atoms with Crippen LogP contribution in [-0.4, -0.2) is 29.1 Å². The van der Waals surface area contributed by atoms with Gasteiger partial charge in [0.2, 0.25) is 0 Å². The van der Waals surface area contributed by atoms with Crippen LogP contribution in [0.4, 0.5) is 13.2 Å². The number of aliphatic hydroxyl groups excluding tert-OH is 2. The Bertz CT molecular complexity index is 311. The minimum absolute atomic E-state index is 0.00197. The monoisotopic (exact) mass is 234 g/mol. The van der Waals surface area contributed by atoms with Gasteiger partial charge in [-0.2, -0.15) is 13.2 Å². The van der Waals surface area contributed by atoms with Gasteiger partial charge in [0.05, 0.1) is 0 Å². The van der Waals surface area contributed by atoms with Gasteiger partial charge in [0.1, 0.15) is 0 Å². The normalized spacial score (nSPS) is 15.8. The summed E-state index contributed by atoms with van der Waals surface area (Å²) >= 11 is 0. The second-order valence-electron chi connectivity index (χ2n) is 3.62. The largest absolute Gasteiger partial charge is 0.414 e. The molecule has 0 aliphatic rings. The van der Waals surface area contributed by atoms with E-state index in [4.69, 9.17) is 10.2 Å². The number of alkyl halides is 3. The molecule has 0 aliphatic carbocycles. The number of rotatable bonds is 4. The molecule has 0 amide bonds. The first-order valence-electron chi connectivity index (χ1n) is 4.84. The maximum absolute atomic E-state index is 12.2. The number of benzene rings is 1. The second-order valence-corrected chi connectivity index (χ2v) is 3.62. The molecule has 5 heteroatoms. The van der Waals surface area contributed by atoms with Gasteiger partial charge in [-0.15, -0.1) is 0 Å². The summed E-state index contributed by atoms with van der Waals surface area (Å²) in [6.45, 7) is -0.699. The van der Waals surface area contributed by atoms with Gasteiger partial charge in [0.15, 0.2) is 6.10 Å². The second kappa shape index (κ2) is 5.32. The van der Waals surface area contributed by atoms with Crippen molar-refractivity contribution < 1.29 is 23.4 Å². The molecule has 1 aromatic rings. The molecule has 0 radical (unpaired) electrons. The predicted octanol–water partition coefficient (Wildman–Crippen LogP) is 1.76. The summed E-state index contributed by atoms with van der Waals surface area (Å²) in [5.41, 5.74) is 0.657. The van der Waals surface area contributed by atoms with Crippen molar-refractivity contribution in [2.24, 2.45) is 5.92 Å². The summed E-state index contributed by atoms with van der Waals surface area (Å²) in [7, 11) is 0. The van der Waals surface area contributed by atoms with Crippen molar-refractivity contribution >= 4 is 0 Å². The Morgan fingerprint density at radius 1 is 1.12 bits per heavy atom. The Balaban J connectivity index is 2.70. The van der Waals surface area contributed by atoms with Crippen molar-refractivity contribution in [1.82, 2.24) is 0 Å². The summed E-state index contributed by atoms with van der Waals surface area (Å²) in [5.74, 6) is -1.22. The van der Waals surface area contributed by atoms with Crippen LogP contribution < -0.4 is 0 Å². The molecule has 2 atom stereocenters. The van der Waals surface area contributed by atoms with Crippen LogP contribution in [-0.2, 0) is 6.42 Å². The Morgan fingerprint density at radius 2 is 1.69 bits per heavy atom. The van der Waals surface area contributed by atoms with Gasteiger partial charge in [-0.05, 0) is 12.0 Å². The molecule has 0 saturated carbocycles. The Morgan fingerprint density at radius 3 is 2.12 bits per heavy atom. The zero-order valence-electron chi connectivity index (χ0n) is 8.48. The van der Waals surface area contributed by atoms with Crippen molar-refractivity contribution in [3.63, 3.8) is 0 Å². The third kappa shape index (κ3) is 3.50. The van der Waals surface area contributed by atoms with Crippen LogP contribution >= 0.6 is 0 Å². The molecule has 0 unspecified atom stereocenters. The molecule has 0 saturated heterocycles. The van der Waals surface area contributed by atoms with Crippen LogP contribution in [0.3, 0.4) is 0 Å². The third-order valence-electron chi connectivity index (χ3n) is 2.36. The maximum Gasteiger partial charge on any atom is 0.414 e. The van der Waals surface area contributed by atoms with Crippen molar-refractivity contribution in [3.05, 3.63) is 35.9 Å². The summed E-state index contributed by atoms with van der Waals surface area (Å²) in [6, 6.07) is 8.46. The Hall–Kier alpha value is -1.07. The van der Waals surface area contributed by atoms with E-state index in [2.05, 4.69) is 0 Å². The van der Waals surface area contributed by atoms with Crippen molar-refractivity contribution in [3.8, 4) is 0 Å². The third-order valence-corrected chi connectivity index (χ3v) is 2.36. The average molecular weight is 234 g/mol. The summed E-state index contributed by atoms with van der Waals surface area (Å²) in [6.07, 6.45) is -7.18. The van der Waals surface area contributed by atoms with Crippen LogP contribution in [0, 0.1) is 5.92 Å². The number of hydrogen-bond donors (Lipinski definition) is 2. The molecule has 1 aromatic carbocycles. The summed E-state index contributed by atoms with van der Waals surface area (Å²) in [5, 5.41) is 17.9. The minimum Gasteiger partial charge on any atom is -0.396 e. The number of hydrogen-bond acceptors (Lipinski definition) is 2. The highest BCUT2D eigenvalue weighted by atomic mass is 19.4. The van der Waals surface area contributed by atoms with Gasteiger partial charge < -0.3 is 10.2 Å². The molecule has 0 heterocycles. The molecule has 2 N–H and O–H groups in total. The smallest absolute Gasteiger partial charge is 0.396 e. The summed E-state index contributed by atoms with van der Waals surface area (Å²) < 4.78 is 36.7. The zero-order valence-corrected chi connectivity index (χ0v) is 8.48. The summed E-state index contributed by atoms with van der Waals surface area (Å²) in [4.78, 5) is 0. The molecular weight excluding hydrogens is 221 g/mol. The molecule has 16 heavy (non-hydrogen) atoms. The Kier molecular flexibility index (Phi) is 4.32. The van der Waals surface area contributed by atoms with E-state index in [0.717, 1.165) is 0 Å². The van der Waals surface area contributed by atoms with E-state index in [1.165, 1.54) is 0 Å². The molecule has 0 aliphatic heterocycles. The fraction of sp³-hybridized carbons (Fsp3) is 0.455. The fourth-order valence-electron chi connectivity index (χ4n) is 1.46. The van der Waals surface area contributed by atoms with Crippen LogP contribution in [0.5, 0.6) is 0 Å². The van der Waals surface area contributed by atoms with Crippen LogP contribution in [0.2, 0.25) is 0 Å². The van der Waals surface area contributed by atoms with E-state index >= 15 is 0 Å². The van der Waals surface area contributed by atoms with E-state index < -0.39 is 24.8 Å². The first kappa shape index (κ1) is 13.0. The minimum atomic E-state index is -4.69. The van der Waals surface area contributed by atoms with Crippen LogP contribution in [0.1, 0.15) is 5.56 Å². The SMILES string of the molecule is OC[C@@H](Cc1ccccc1)[C@@H](O)C(F)(F)F.